The first kappa shape index (κ1) is 21.9. The summed E-state index contributed by atoms with van der Waals surface area (Å²) in [5.41, 5.74) is 0.890. The minimum atomic E-state index is -0.551. The van der Waals surface area contributed by atoms with Crippen molar-refractivity contribution in [3.8, 4) is 11.3 Å². The Hall–Kier alpha value is -3.36. The van der Waals surface area contributed by atoms with Crippen molar-refractivity contribution in [2.24, 2.45) is 5.92 Å². The molecule has 32 heavy (non-hydrogen) atoms. The van der Waals surface area contributed by atoms with Gasteiger partial charge in [-0.05, 0) is 38.3 Å². The molecule has 2 aromatic heterocycles. The molecule has 9 heteroatoms. The van der Waals surface area contributed by atoms with E-state index in [9.17, 15) is 13.6 Å². The van der Waals surface area contributed by atoms with Gasteiger partial charge in [0.2, 0.25) is 5.95 Å². The van der Waals surface area contributed by atoms with Gasteiger partial charge in [0.1, 0.15) is 5.82 Å². The number of carbonyl (C=O) groups excluding carboxylic acids is 1. The van der Waals surface area contributed by atoms with Gasteiger partial charge in [0, 0.05) is 26.2 Å². The summed E-state index contributed by atoms with van der Waals surface area (Å²) in [6.07, 6.45) is 2.22. The number of piperidine rings is 1. The van der Waals surface area contributed by atoms with E-state index in [2.05, 4.69) is 22.0 Å². The van der Waals surface area contributed by atoms with Crippen molar-refractivity contribution in [3.05, 3.63) is 59.0 Å². The van der Waals surface area contributed by atoms with Crippen LogP contribution in [0.1, 0.15) is 35.1 Å². The second-order valence-electron chi connectivity index (χ2n) is 8.24. The summed E-state index contributed by atoms with van der Waals surface area (Å²) in [5.74, 6) is -0.429. The maximum absolute atomic E-state index is 14.6. The Morgan fingerprint density at radius 3 is 2.56 bits per heavy atom. The highest BCUT2D eigenvalue weighted by molar-refractivity contribution is 6.00. The van der Waals surface area contributed by atoms with E-state index in [0.717, 1.165) is 6.42 Å². The van der Waals surface area contributed by atoms with Gasteiger partial charge in [0.15, 0.2) is 11.6 Å². The second kappa shape index (κ2) is 8.64. The Morgan fingerprint density at radius 1 is 1.19 bits per heavy atom. The molecule has 4 rings (SSSR count). The van der Waals surface area contributed by atoms with Crippen LogP contribution < -0.4 is 4.90 Å². The van der Waals surface area contributed by atoms with E-state index in [-0.39, 0.29) is 34.8 Å². The average molecular weight is 441 g/mol. The zero-order valence-electron chi connectivity index (χ0n) is 18.5. The molecule has 0 aliphatic carbocycles. The van der Waals surface area contributed by atoms with Crippen LogP contribution in [-0.2, 0) is 0 Å². The predicted molar refractivity (Wildman–Crippen MR) is 115 cm³/mol. The molecule has 168 valence electrons. The Bertz CT molecular complexity index is 1110. The van der Waals surface area contributed by atoms with Crippen molar-refractivity contribution in [1.82, 2.24) is 20.0 Å². The van der Waals surface area contributed by atoms with Crippen LogP contribution in [0.3, 0.4) is 0 Å². The molecule has 1 unspecified atom stereocenters. The summed E-state index contributed by atoms with van der Waals surface area (Å²) in [4.78, 5) is 25.7. The van der Waals surface area contributed by atoms with Crippen LogP contribution >= 0.6 is 0 Å². The van der Waals surface area contributed by atoms with Gasteiger partial charge in [-0.25, -0.2) is 18.7 Å². The minimum Gasteiger partial charge on any atom is -0.356 e. The molecule has 1 saturated heterocycles. The summed E-state index contributed by atoms with van der Waals surface area (Å²) in [5, 5.41) is 3.64. The maximum atomic E-state index is 14.6. The lowest BCUT2D eigenvalue weighted by Crippen LogP contribution is -2.53. The van der Waals surface area contributed by atoms with Gasteiger partial charge in [0.25, 0.3) is 5.91 Å². The van der Waals surface area contributed by atoms with Gasteiger partial charge in [0.05, 0.1) is 34.8 Å². The molecular weight excluding hydrogens is 416 g/mol. The lowest BCUT2D eigenvalue weighted by Gasteiger charge is -2.41. The van der Waals surface area contributed by atoms with Crippen LogP contribution in [0.2, 0.25) is 0 Å². The number of anilines is 1. The van der Waals surface area contributed by atoms with Crippen molar-refractivity contribution < 1.29 is 18.1 Å². The normalized spacial score (nSPS) is 18.6. The summed E-state index contributed by atoms with van der Waals surface area (Å²) >= 11 is 0. The van der Waals surface area contributed by atoms with E-state index >= 15 is 0 Å². The highest BCUT2D eigenvalue weighted by atomic mass is 19.1. The fourth-order valence-electron chi connectivity index (χ4n) is 4.20. The number of carbonyl (C=O) groups is 1. The molecule has 2 atom stereocenters. The maximum Gasteiger partial charge on any atom is 0.254 e. The number of amides is 1. The molecular formula is C23H25F2N5O2. The van der Waals surface area contributed by atoms with Crippen LogP contribution in [0.15, 0.2) is 35.0 Å². The van der Waals surface area contributed by atoms with Gasteiger partial charge in [-0.1, -0.05) is 18.1 Å². The molecule has 3 heterocycles. The Kier molecular flexibility index (Phi) is 5.90. The van der Waals surface area contributed by atoms with E-state index in [1.54, 1.807) is 31.9 Å². The topological polar surface area (TPSA) is 75.4 Å². The van der Waals surface area contributed by atoms with E-state index in [1.165, 1.54) is 24.4 Å². The van der Waals surface area contributed by atoms with Crippen LogP contribution in [0.25, 0.3) is 11.3 Å². The van der Waals surface area contributed by atoms with Crippen LogP contribution in [-0.4, -0.2) is 52.1 Å². The molecule has 0 bridgehead atoms. The number of hydrogen-bond donors (Lipinski definition) is 0. The van der Waals surface area contributed by atoms with Crippen LogP contribution in [0.5, 0.6) is 0 Å². The third kappa shape index (κ3) is 3.94. The minimum absolute atomic E-state index is 0.0929. The number of aromatic nitrogens is 3. The first-order chi connectivity index (χ1) is 15.3. The Balaban J connectivity index is 1.62. The molecule has 3 aromatic rings. The summed E-state index contributed by atoms with van der Waals surface area (Å²) < 4.78 is 33.7. The predicted octanol–water partition coefficient (Wildman–Crippen LogP) is 4.01. The summed E-state index contributed by atoms with van der Waals surface area (Å²) in [7, 11) is 1.71. The fourth-order valence-corrected chi connectivity index (χ4v) is 4.20. The smallest absolute Gasteiger partial charge is 0.254 e. The number of hydrogen-bond acceptors (Lipinski definition) is 6. The lowest BCUT2D eigenvalue weighted by atomic mass is 9.91. The largest absolute Gasteiger partial charge is 0.356 e. The number of likely N-dealkylation sites (N-methyl/N-ethyl adjacent to an activating group) is 1. The molecule has 1 amide bonds. The molecule has 1 aliphatic heterocycles. The average Bonchev–Trinajstić information content (AvgIpc) is 3.30. The zero-order valence-corrected chi connectivity index (χ0v) is 18.5. The summed E-state index contributed by atoms with van der Waals surface area (Å²) in [6.45, 7) is 6.50. The van der Waals surface area contributed by atoms with Crippen molar-refractivity contribution in [3.63, 3.8) is 0 Å². The van der Waals surface area contributed by atoms with Crippen molar-refractivity contribution in [2.45, 2.75) is 33.2 Å². The quantitative estimate of drug-likeness (QED) is 0.609. The standard InChI is InChI=1S/C23H25F2N5O2/c1-13-9-11-30(23-27-14(2)21(25)15(3)28-23)12-18(13)29(4)22(31)16-6-5-7-17(24)20(16)19-8-10-26-32-19/h5-8,10,13,18H,9,11-12H2,1-4H3/t13-,18?/m0/s1. The van der Waals surface area contributed by atoms with E-state index in [4.69, 9.17) is 4.52 Å². The molecule has 1 aromatic carbocycles. The number of benzene rings is 1. The monoisotopic (exact) mass is 441 g/mol. The van der Waals surface area contributed by atoms with Crippen LogP contribution in [0, 0.1) is 31.4 Å². The van der Waals surface area contributed by atoms with Gasteiger partial charge in [-0.15, -0.1) is 0 Å². The second-order valence-corrected chi connectivity index (χ2v) is 8.24. The Morgan fingerprint density at radius 2 is 1.91 bits per heavy atom. The zero-order chi connectivity index (χ0) is 23.0. The molecule has 1 fully saturated rings. The highest BCUT2D eigenvalue weighted by Crippen LogP contribution is 2.30. The van der Waals surface area contributed by atoms with Crippen molar-refractivity contribution in [2.75, 3.05) is 25.0 Å². The SMILES string of the molecule is Cc1nc(N2CC[C@H](C)C(N(C)C(=O)c3cccc(F)c3-c3ccno3)C2)nc(C)c1F. The molecule has 7 nitrogen and oxygen atoms in total. The van der Waals surface area contributed by atoms with Gasteiger partial charge < -0.3 is 14.3 Å². The van der Waals surface area contributed by atoms with Gasteiger partial charge >= 0.3 is 0 Å². The molecule has 1 aliphatic rings. The molecule has 0 saturated carbocycles. The number of rotatable bonds is 4. The fraction of sp³-hybridized carbons (Fsp3) is 0.391. The number of halogens is 2. The van der Waals surface area contributed by atoms with E-state index < -0.39 is 11.6 Å². The van der Waals surface area contributed by atoms with Gasteiger partial charge in [-0.3, -0.25) is 4.79 Å². The lowest BCUT2D eigenvalue weighted by molar-refractivity contribution is 0.0664. The molecule has 0 spiro atoms. The van der Waals surface area contributed by atoms with E-state index in [0.29, 0.717) is 30.4 Å². The molecule has 0 radical (unpaired) electrons. The third-order valence-corrected chi connectivity index (χ3v) is 6.12. The van der Waals surface area contributed by atoms with E-state index in [1.807, 2.05) is 4.90 Å². The van der Waals surface area contributed by atoms with Crippen molar-refractivity contribution in [1.29, 1.82) is 0 Å². The first-order valence-electron chi connectivity index (χ1n) is 10.5. The summed E-state index contributed by atoms with van der Waals surface area (Å²) in [6, 6.07) is 5.73. The van der Waals surface area contributed by atoms with Crippen LogP contribution in [0.4, 0.5) is 14.7 Å². The number of aryl methyl sites for hydroxylation is 2. The van der Waals surface area contributed by atoms with Gasteiger partial charge in [-0.2, -0.15) is 0 Å². The highest BCUT2D eigenvalue weighted by Gasteiger charge is 2.34. The molecule has 0 N–H and O–H groups in total. The number of nitrogens with zero attached hydrogens (tertiary/aromatic N) is 5. The third-order valence-electron chi connectivity index (χ3n) is 6.12. The Labute approximate surface area is 185 Å². The van der Waals surface area contributed by atoms with Crippen molar-refractivity contribution >= 4 is 11.9 Å². The first-order valence-corrected chi connectivity index (χ1v) is 10.5.